The van der Waals surface area contributed by atoms with Crippen LogP contribution in [0.25, 0.3) is 10.1 Å². The first-order valence-corrected chi connectivity index (χ1v) is 7.50. The van der Waals surface area contributed by atoms with E-state index in [1.807, 2.05) is 18.2 Å². The zero-order chi connectivity index (χ0) is 15.0. The Bertz CT molecular complexity index is 795. The smallest absolute Gasteiger partial charge is 0.266 e. The largest absolute Gasteiger partial charge is 0.472 e. The molecule has 0 aliphatic heterocycles. The highest BCUT2D eigenvalue weighted by Gasteiger charge is 2.20. The molecule has 108 valence electrons. The molecule has 0 aliphatic carbocycles. The summed E-state index contributed by atoms with van der Waals surface area (Å²) in [6, 6.07) is 7.27. The van der Waals surface area contributed by atoms with Crippen molar-refractivity contribution in [1.82, 2.24) is 4.90 Å². The van der Waals surface area contributed by atoms with E-state index in [0.29, 0.717) is 22.1 Å². The van der Waals surface area contributed by atoms with E-state index >= 15 is 0 Å². The monoisotopic (exact) mass is 320 g/mol. The van der Waals surface area contributed by atoms with Gasteiger partial charge in [-0.2, -0.15) is 0 Å². The minimum absolute atomic E-state index is 0.106. The van der Waals surface area contributed by atoms with Crippen LogP contribution in [0.15, 0.2) is 41.2 Å². The highest BCUT2D eigenvalue weighted by Crippen LogP contribution is 2.35. The predicted molar refractivity (Wildman–Crippen MR) is 85.8 cm³/mol. The molecule has 0 spiro atoms. The number of hydrogen-bond donors (Lipinski definition) is 1. The summed E-state index contributed by atoms with van der Waals surface area (Å²) in [7, 11) is 1.74. The van der Waals surface area contributed by atoms with Crippen LogP contribution in [-0.4, -0.2) is 17.9 Å². The van der Waals surface area contributed by atoms with Crippen LogP contribution in [0.1, 0.15) is 15.2 Å². The maximum absolute atomic E-state index is 12.5. The molecule has 2 aromatic heterocycles. The minimum atomic E-state index is -0.106. The summed E-state index contributed by atoms with van der Waals surface area (Å²) >= 11 is 7.34. The van der Waals surface area contributed by atoms with Crippen LogP contribution in [0.4, 0.5) is 5.69 Å². The fourth-order valence-electron chi connectivity index (χ4n) is 2.15. The third-order valence-corrected chi connectivity index (χ3v) is 4.62. The molecule has 2 heterocycles. The molecule has 4 nitrogen and oxygen atoms in total. The maximum atomic E-state index is 12.5. The number of nitrogen functional groups attached to an aromatic ring is 1. The molecule has 3 aromatic rings. The number of furan rings is 1. The van der Waals surface area contributed by atoms with Crippen molar-refractivity contribution in [3.8, 4) is 0 Å². The van der Waals surface area contributed by atoms with E-state index < -0.39 is 0 Å². The van der Waals surface area contributed by atoms with Crippen LogP contribution >= 0.6 is 22.9 Å². The van der Waals surface area contributed by atoms with E-state index in [1.165, 1.54) is 11.3 Å². The predicted octanol–water partition coefficient (Wildman–Crippen LogP) is 4.00. The second kappa shape index (κ2) is 5.42. The fraction of sp³-hybridized carbons (Fsp3) is 0.133. The van der Waals surface area contributed by atoms with E-state index in [0.717, 1.165) is 15.6 Å². The first-order chi connectivity index (χ1) is 10.1. The highest BCUT2D eigenvalue weighted by molar-refractivity contribution is 7.21. The van der Waals surface area contributed by atoms with Gasteiger partial charge in [0.15, 0.2) is 0 Å². The van der Waals surface area contributed by atoms with Gasteiger partial charge in [-0.05, 0) is 24.3 Å². The van der Waals surface area contributed by atoms with Gasteiger partial charge in [0.05, 0.1) is 18.2 Å². The number of amides is 1. The molecule has 21 heavy (non-hydrogen) atoms. The molecular weight excluding hydrogens is 308 g/mol. The summed E-state index contributed by atoms with van der Waals surface area (Å²) in [4.78, 5) is 14.7. The van der Waals surface area contributed by atoms with Gasteiger partial charge in [-0.1, -0.05) is 11.6 Å². The number of carbonyl (C=O) groups excluding carboxylic acids is 1. The average molecular weight is 321 g/mol. The Labute approximate surface area is 130 Å². The SMILES string of the molecule is CN(Cc1ccoc1)C(=O)c1sc2cc(Cl)ccc2c1N. The number of benzene rings is 1. The molecule has 0 atom stereocenters. The number of rotatable bonds is 3. The van der Waals surface area contributed by atoms with Crippen LogP contribution < -0.4 is 5.73 Å². The van der Waals surface area contributed by atoms with Gasteiger partial charge in [0, 0.05) is 34.3 Å². The Morgan fingerprint density at radius 3 is 2.95 bits per heavy atom. The summed E-state index contributed by atoms with van der Waals surface area (Å²) in [6.45, 7) is 0.476. The molecule has 0 saturated carbocycles. The number of hydrogen-bond acceptors (Lipinski definition) is 4. The standard InChI is InChI=1S/C15H13ClN2O2S/c1-18(7-9-4-5-20-8-9)15(19)14-13(17)11-3-2-10(16)6-12(11)21-14/h2-6,8H,7,17H2,1H3. The number of thiophene rings is 1. The molecule has 0 aliphatic rings. The molecule has 1 amide bonds. The van der Waals surface area contributed by atoms with Crippen molar-refractivity contribution in [2.75, 3.05) is 12.8 Å². The number of nitrogens with two attached hydrogens (primary N) is 1. The van der Waals surface area contributed by atoms with Gasteiger partial charge in [-0.3, -0.25) is 4.79 Å². The lowest BCUT2D eigenvalue weighted by molar-refractivity contribution is 0.0790. The second-order valence-electron chi connectivity index (χ2n) is 4.78. The van der Waals surface area contributed by atoms with Gasteiger partial charge in [-0.25, -0.2) is 0 Å². The van der Waals surface area contributed by atoms with Crippen molar-refractivity contribution in [3.05, 3.63) is 52.3 Å². The quantitative estimate of drug-likeness (QED) is 0.793. The summed E-state index contributed by atoms with van der Waals surface area (Å²) in [6.07, 6.45) is 3.21. The van der Waals surface area contributed by atoms with Crippen LogP contribution in [0.3, 0.4) is 0 Å². The topological polar surface area (TPSA) is 59.5 Å². The van der Waals surface area contributed by atoms with Gasteiger partial charge in [0.2, 0.25) is 0 Å². The Hall–Kier alpha value is -1.98. The second-order valence-corrected chi connectivity index (χ2v) is 6.27. The zero-order valence-corrected chi connectivity index (χ0v) is 12.9. The Morgan fingerprint density at radius 1 is 1.43 bits per heavy atom. The molecule has 0 radical (unpaired) electrons. The lowest BCUT2D eigenvalue weighted by atomic mass is 10.2. The van der Waals surface area contributed by atoms with Crippen LogP contribution in [0.2, 0.25) is 5.02 Å². The van der Waals surface area contributed by atoms with Crippen LogP contribution in [-0.2, 0) is 6.54 Å². The first kappa shape index (κ1) is 14.0. The lowest BCUT2D eigenvalue weighted by Gasteiger charge is -2.15. The third-order valence-electron chi connectivity index (χ3n) is 3.23. The molecule has 2 N–H and O–H groups in total. The van der Waals surface area contributed by atoms with Gasteiger partial charge in [-0.15, -0.1) is 11.3 Å². The van der Waals surface area contributed by atoms with Gasteiger partial charge >= 0.3 is 0 Å². The molecule has 0 fully saturated rings. The summed E-state index contributed by atoms with van der Waals surface area (Å²) in [5, 5.41) is 1.50. The molecule has 1 aromatic carbocycles. The third kappa shape index (κ3) is 2.62. The van der Waals surface area contributed by atoms with Crippen molar-refractivity contribution < 1.29 is 9.21 Å². The van der Waals surface area contributed by atoms with Crippen LogP contribution in [0.5, 0.6) is 0 Å². The maximum Gasteiger partial charge on any atom is 0.266 e. The molecule has 0 bridgehead atoms. The zero-order valence-electron chi connectivity index (χ0n) is 11.3. The van der Waals surface area contributed by atoms with Gasteiger partial charge in [0.25, 0.3) is 5.91 Å². The number of halogens is 1. The van der Waals surface area contributed by atoms with E-state index in [9.17, 15) is 4.79 Å². The number of nitrogens with zero attached hydrogens (tertiary/aromatic N) is 1. The van der Waals surface area contributed by atoms with E-state index in [4.69, 9.17) is 21.8 Å². The van der Waals surface area contributed by atoms with Crippen molar-refractivity contribution in [1.29, 1.82) is 0 Å². The molecular formula is C15H13ClN2O2S. The van der Waals surface area contributed by atoms with Gasteiger partial charge in [0.1, 0.15) is 4.88 Å². The van der Waals surface area contributed by atoms with Gasteiger partial charge < -0.3 is 15.1 Å². The van der Waals surface area contributed by atoms with E-state index in [2.05, 4.69) is 0 Å². The van der Waals surface area contributed by atoms with Crippen molar-refractivity contribution in [2.24, 2.45) is 0 Å². The minimum Gasteiger partial charge on any atom is -0.472 e. The lowest BCUT2D eigenvalue weighted by Crippen LogP contribution is -2.25. The number of fused-ring (bicyclic) bond motifs is 1. The van der Waals surface area contributed by atoms with Crippen LogP contribution in [0, 0.1) is 0 Å². The summed E-state index contributed by atoms with van der Waals surface area (Å²) in [5.74, 6) is -0.106. The van der Waals surface area contributed by atoms with E-state index in [-0.39, 0.29) is 5.91 Å². The normalized spacial score (nSPS) is 11.0. The van der Waals surface area contributed by atoms with Crippen molar-refractivity contribution in [3.63, 3.8) is 0 Å². The Balaban J connectivity index is 1.92. The highest BCUT2D eigenvalue weighted by atomic mass is 35.5. The van der Waals surface area contributed by atoms with Crippen molar-refractivity contribution >= 4 is 44.6 Å². The summed E-state index contributed by atoms with van der Waals surface area (Å²) in [5.41, 5.74) is 7.55. The summed E-state index contributed by atoms with van der Waals surface area (Å²) < 4.78 is 5.93. The van der Waals surface area contributed by atoms with Crippen molar-refractivity contribution in [2.45, 2.75) is 6.54 Å². The molecule has 3 rings (SSSR count). The fourth-order valence-corrected chi connectivity index (χ4v) is 3.54. The first-order valence-electron chi connectivity index (χ1n) is 6.30. The average Bonchev–Trinajstić information content (AvgIpc) is 3.06. The van der Waals surface area contributed by atoms with E-state index in [1.54, 1.807) is 30.5 Å². The Kier molecular flexibility index (Phi) is 3.61. The Morgan fingerprint density at radius 2 is 2.24 bits per heavy atom. The molecule has 0 saturated heterocycles. The molecule has 0 unspecified atom stereocenters. The number of carbonyl (C=O) groups is 1. The number of anilines is 1. The molecule has 6 heteroatoms.